The van der Waals surface area contributed by atoms with Gasteiger partial charge in [-0.3, -0.25) is 14.7 Å². The van der Waals surface area contributed by atoms with Crippen LogP contribution in [0.3, 0.4) is 0 Å². The van der Waals surface area contributed by atoms with E-state index in [0.717, 1.165) is 0 Å². The van der Waals surface area contributed by atoms with Gasteiger partial charge in [-0.05, 0) is 0 Å². The van der Waals surface area contributed by atoms with Crippen molar-refractivity contribution in [3.8, 4) is 5.88 Å². The molecule has 0 saturated carbocycles. The van der Waals surface area contributed by atoms with Crippen molar-refractivity contribution in [2.75, 3.05) is 7.11 Å². The number of benzene rings is 1. The largest absolute Gasteiger partial charge is 0.469 e. The number of aromatic nitrogens is 2. The Bertz CT molecular complexity index is 729. The molecule has 3 rings (SSSR count). The predicted octanol–water partition coefficient (Wildman–Crippen LogP) is 1.04. The molecule has 8 heteroatoms. The third kappa shape index (κ3) is 2.69. The fourth-order valence-electron chi connectivity index (χ4n) is 2.39. The minimum Gasteiger partial charge on any atom is -0.469 e. The Morgan fingerprint density at radius 1 is 1.48 bits per heavy atom. The molecule has 2 aromatic rings. The van der Waals surface area contributed by atoms with E-state index in [4.69, 9.17) is 9.47 Å². The number of aldehydes is 1. The number of hydrogen-bond acceptors (Lipinski definition) is 7. The zero-order valence-electron chi connectivity index (χ0n) is 12.2. The predicted molar refractivity (Wildman–Crippen MR) is 75.4 cm³/mol. The molecule has 0 unspecified atom stereocenters. The third-order valence-electron chi connectivity index (χ3n) is 3.47. The minimum absolute atomic E-state index is 0.00129. The summed E-state index contributed by atoms with van der Waals surface area (Å²) >= 11 is 0. The summed E-state index contributed by atoms with van der Waals surface area (Å²) in [6, 6.07) is 8.84. The molecule has 8 nitrogen and oxygen atoms in total. The van der Waals surface area contributed by atoms with E-state index in [0.29, 0.717) is 11.8 Å². The van der Waals surface area contributed by atoms with Crippen molar-refractivity contribution in [2.45, 2.75) is 18.5 Å². The van der Waals surface area contributed by atoms with Crippen molar-refractivity contribution in [1.29, 1.82) is 0 Å². The van der Waals surface area contributed by atoms with E-state index in [1.807, 2.05) is 6.07 Å². The van der Waals surface area contributed by atoms with Gasteiger partial charge in [0.2, 0.25) is 18.0 Å². The van der Waals surface area contributed by atoms with Crippen molar-refractivity contribution in [3.05, 3.63) is 47.2 Å². The van der Waals surface area contributed by atoms with Gasteiger partial charge in [0.15, 0.2) is 6.29 Å². The molecule has 0 amide bonds. The van der Waals surface area contributed by atoms with E-state index >= 15 is 0 Å². The molecular formula is C15H14N2O6. The maximum atomic E-state index is 11.6. The van der Waals surface area contributed by atoms with Gasteiger partial charge < -0.3 is 19.3 Å². The number of nitrogens with one attached hydrogen (secondary N) is 1. The molecule has 2 heterocycles. The van der Waals surface area contributed by atoms with Crippen molar-refractivity contribution in [3.63, 3.8) is 0 Å². The number of H-pyrrole nitrogens is 1. The van der Waals surface area contributed by atoms with Gasteiger partial charge in [-0.1, -0.05) is 30.3 Å². The molecule has 0 fully saturated rings. The summed E-state index contributed by atoms with van der Waals surface area (Å²) in [7, 11) is 1.19. The molecule has 120 valence electrons. The van der Waals surface area contributed by atoms with E-state index in [2.05, 4.69) is 14.9 Å². The number of ether oxygens (including phenoxy) is 3. The summed E-state index contributed by atoms with van der Waals surface area (Å²) in [6.45, 7) is 0. The molecule has 2 atom stereocenters. The van der Waals surface area contributed by atoms with Crippen LogP contribution in [0.2, 0.25) is 0 Å². The molecule has 0 aliphatic carbocycles. The number of rotatable bonds is 4. The Kier molecular flexibility index (Phi) is 3.85. The van der Waals surface area contributed by atoms with E-state index in [1.54, 1.807) is 24.3 Å². The summed E-state index contributed by atoms with van der Waals surface area (Å²) in [6.07, 6.45) is -1.03. The third-order valence-corrected chi connectivity index (χ3v) is 3.47. The van der Waals surface area contributed by atoms with Crippen LogP contribution in [0.4, 0.5) is 0 Å². The van der Waals surface area contributed by atoms with E-state index in [9.17, 15) is 14.7 Å². The quantitative estimate of drug-likeness (QED) is 0.640. The Morgan fingerprint density at radius 2 is 2.22 bits per heavy atom. The van der Waals surface area contributed by atoms with Crippen LogP contribution in [0, 0.1) is 0 Å². The Hall–Kier alpha value is -2.71. The van der Waals surface area contributed by atoms with Gasteiger partial charge >= 0.3 is 5.97 Å². The van der Waals surface area contributed by atoms with E-state index in [1.165, 1.54) is 7.11 Å². The number of hydrogen-bond donors (Lipinski definition) is 2. The molecule has 23 heavy (non-hydrogen) atoms. The van der Waals surface area contributed by atoms with Gasteiger partial charge in [0.1, 0.15) is 17.7 Å². The maximum Gasteiger partial charge on any atom is 0.311 e. The van der Waals surface area contributed by atoms with Crippen LogP contribution in [0.5, 0.6) is 5.88 Å². The first-order valence-electron chi connectivity index (χ1n) is 6.80. The van der Waals surface area contributed by atoms with Gasteiger partial charge in [0, 0.05) is 5.56 Å². The van der Waals surface area contributed by atoms with Gasteiger partial charge in [-0.2, -0.15) is 0 Å². The van der Waals surface area contributed by atoms with Crippen LogP contribution >= 0.6 is 0 Å². The number of carbonyl (C=O) groups is 2. The lowest BCUT2D eigenvalue weighted by atomic mass is 10.0. The SMILES string of the molecule is COC(=O)C[C@@]1(O)O[C@@H](c2ccccc2)Oc2n[nH]c(C=O)c21. The average Bonchev–Trinajstić information content (AvgIpc) is 2.99. The van der Waals surface area contributed by atoms with E-state index in [-0.39, 0.29) is 17.1 Å². The molecule has 0 spiro atoms. The number of nitrogens with zero attached hydrogens (tertiary/aromatic N) is 1. The summed E-state index contributed by atoms with van der Waals surface area (Å²) in [5.41, 5.74) is 0.570. The number of fused-ring (bicyclic) bond motifs is 1. The van der Waals surface area contributed by atoms with Crippen LogP contribution in [0.25, 0.3) is 0 Å². The van der Waals surface area contributed by atoms with Crippen LogP contribution in [-0.4, -0.2) is 34.7 Å². The zero-order valence-corrected chi connectivity index (χ0v) is 12.2. The lowest BCUT2D eigenvalue weighted by Crippen LogP contribution is -2.40. The molecular weight excluding hydrogens is 304 g/mol. The second-order valence-corrected chi connectivity index (χ2v) is 4.95. The number of carbonyl (C=O) groups excluding carboxylic acids is 2. The Morgan fingerprint density at radius 3 is 2.87 bits per heavy atom. The summed E-state index contributed by atoms with van der Waals surface area (Å²) in [5, 5.41) is 17.1. The Balaban J connectivity index is 2.04. The highest BCUT2D eigenvalue weighted by atomic mass is 16.8. The van der Waals surface area contributed by atoms with Crippen LogP contribution in [-0.2, 0) is 20.1 Å². The second kappa shape index (κ2) is 5.82. The fraction of sp³-hybridized carbons (Fsp3) is 0.267. The van der Waals surface area contributed by atoms with Crippen molar-refractivity contribution in [2.24, 2.45) is 0 Å². The van der Waals surface area contributed by atoms with Crippen LogP contribution in [0.1, 0.15) is 34.3 Å². The molecule has 1 aliphatic heterocycles. The minimum atomic E-state index is -2.09. The first-order valence-corrected chi connectivity index (χ1v) is 6.80. The highest BCUT2D eigenvalue weighted by Crippen LogP contribution is 2.44. The first-order chi connectivity index (χ1) is 11.1. The van der Waals surface area contributed by atoms with Gasteiger partial charge in [0.25, 0.3) is 0 Å². The topological polar surface area (TPSA) is 111 Å². The molecule has 1 aromatic heterocycles. The molecule has 0 radical (unpaired) electrons. The average molecular weight is 318 g/mol. The van der Waals surface area contributed by atoms with Crippen molar-refractivity contribution in [1.82, 2.24) is 10.2 Å². The van der Waals surface area contributed by atoms with Gasteiger partial charge in [-0.15, -0.1) is 5.10 Å². The normalized spacial score (nSPS) is 22.8. The monoisotopic (exact) mass is 318 g/mol. The first kappa shape index (κ1) is 15.2. The highest BCUT2D eigenvalue weighted by Gasteiger charge is 2.47. The molecule has 1 aromatic carbocycles. The van der Waals surface area contributed by atoms with Gasteiger partial charge in [-0.25, -0.2) is 0 Å². The Labute approximate surface area is 131 Å². The number of aliphatic hydroxyl groups is 1. The maximum absolute atomic E-state index is 11.6. The molecule has 0 bridgehead atoms. The number of esters is 1. The smallest absolute Gasteiger partial charge is 0.311 e. The lowest BCUT2D eigenvalue weighted by Gasteiger charge is -2.36. The summed E-state index contributed by atoms with van der Waals surface area (Å²) < 4.78 is 15.7. The van der Waals surface area contributed by atoms with Gasteiger partial charge in [0.05, 0.1) is 7.11 Å². The summed E-state index contributed by atoms with van der Waals surface area (Å²) in [4.78, 5) is 22.8. The second-order valence-electron chi connectivity index (χ2n) is 4.95. The van der Waals surface area contributed by atoms with Crippen LogP contribution in [0.15, 0.2) is 30.3 Å². The zero-order chi connectivity index (χ0) is 16.4. The van der Waals surface area contributed by atoms with Crippen LogP contribution < -0.4 is 4.74 Å². The molecule has 2 N–H and O–H groups in total. The molecule has 1 aliphatic rings. The highest BCUT2D eigenvalue weighted by molar-refractivity contribution is 5.78. The standard InChI is InChI=1S/C15H14N2O6/c1-21-11(19)7-15(20)12-10(8-18)16-17-13(12)22-14(23-15)9-5-3-2-4-6-9/h2-6,8,14,20H,7H2,1H3,(H,16,17)/t14-,15+/m0/s1. The number of aromatic amines is 1. The summed E-state index contributed by atoms with van der Waals surface area (Å²) in [5.74, 6) is -2.80. The van der Waals surface area contributed by atoms with Crippen molar-refractivity contribution < 1.29 is 28.9 Å². The van der Waals surface area contributed by atoms with Crippen molar-refractivity contribution >= 4 is 12.3 Å². The number of methoxy groups -OCH3 is 1. The van der Waals surface area contributed by atoms with E-state index < -0.39 is 24.5 Å². The molecule has 0 saturated heterocycles. The lowest BCUT2D eigenvalue weighted by molar-refractivity contribution is -0.301. The fourth-order valence-corrected chi connectivity index (χ4v) is 2.39.